The molecule has 24 heavy (non-hydrogen) atoms. The van der Waals surface area contributed by atoms with Crippen molar-refractivity contribution in [1.82, 2.24) is 0 Å². The van der Waals surface area contributed by atoms with Crippen LogP contribution in [0, 0.1) is 13.8 Å². The topological polar surface area (TPSA) is 81.4 Å². The second-order valence-corrected chi connectivity index (χ2v) is 5.93. The molecule has 0 aliphatic rings. The molecule has 1 atom stereocenters. The number of primary amides is 1. The zero-order valence-electron chi connectivity index (χ0n) is 13.7. The second-order valence-electron chi connectivity index (χ2n) is 5.53. The van der Waals surface area contributed by atoms with Crippen molar-refractivity contribution >= 4 is 29.1 Å². The Hall–Kier alpha value is -2.53. The fourth-order valence-corrected chi connectivity index (χ4v) is 2.33. The maximum Gasteiger partial charge on any atom is 0.265 e. The highest BCUT2D eigenvalue weighted by molar-refractivity contribution is 6.31. The van der Waals surface area contributed by atoms with Gasteiger partial charge in [0.15, 0.2) is 6.10 Å². The summed E-state index contributed by atoms with van der Waals surface area (Å²) in [6.45, 7) is 5.27. The van der Waals surface area contributed by atoms with Crippen molar-refractivity contribution in [3.63, 3.8) is 0 Å². The van der Waals surface area contributed by atoms with Gasteiger partial charge in [0.2, 0.25) is 0 Å². The predicted molar refractivity (Wildman–Crippen MR) is 94.6 cm³/mol. The van der Waals surface area contributed by atoms with Gasteiger partial charge in [-0.25, -0.2) is 0 Å². The van der Waals surface area contributed by atoms with Crippen molar-refractivity contribution in [2.24, 2.45) is 5.73 Å². The zero-order valence-corrected chi connectivity index (χ0v) is 14.5. The summed E-state index contributed by atoms with van der Waals surface area (Å²) in [5.74, 6) is -0.673. The molecule has 0 aliphatic heterocycles. The molecule has 0 spiro atoms. The number of aryl methyl sites for hydroxylation is 1. The van der Waals surface area contributed by atoms with Crippen LogP contribution in [0.25, 0.3) is 0 Å². The van der Waals surface area contributed by atoms with Crippen LogP contribution in [0.15, 0.2) is 36.4 Å². The fourth-order valence-electron chi connectivity index (χ4n) is 2.15. The first-order valence-corrected chi connectivity index (χ1v) is 7.80. The fraction of sp³-hybridized carbons (Fsp3) is 0.222. The number of carbonyl (C=O) groups is 2. The van der Waals surface area contributed by atoms with Gasteiger partial charge in [-0.2, -0.15) is 0 Å². The van der Waals surface area contributed by atoms with E-state index in [1.165, 1.54) is 0 Å². The highest BCUT2D eigenvalue weighted by Gasteiger charge is 2.19. The third kappa shape index (κ3) is 4.06. The number of halogens is 1. The minimum absolute atomic E-state index is 0.235. The Labute approximate surface area is 145 Å². The number of hydrogen-bond donors (Lipinski definition) is 2. The van der Waals surface area contributed by atoms with Gasteiger partial charge in [-0.15, -0.1) is 0 Å². The number of rotatable bonds is 5. The maximum atomic E-state index is 12.4. The molecule has 0 aliphatic carbocycles. The van der Waals surface area contributed by atoms with Crippen LogP contribution < -0.4 is 15.8 Å². The third-order valence-corrected chi connectivity index (χ3v) is 4.01. The molecule has 2 aromatic rings. The van der Waals surface area contributed by atoms with E-state index in [1.807, 2.05) is 13.8 Å². The number of nitrogens with one attached hydrogen (secondary N) is 1. The highest BCUT2D eigenvalue weighted by atomic mass is 35.5. The van der Waals surface area contributed by atoms with Crippen molar-refractivity contribution in [2.75, 3.05) is 5.32 Å². The number of ether oxygens (including phenoxy) is 1. The average Bonchev–Trinajstić information content (AvgIpc) is 2.51. The van der Waals surface area contributed by atoms with Gasteiger partial charge in [-0.05, 0) is 56.2 Å². The summed E-state index contributed by atoms with van der Waals surface area (Å²) in [4.78, 5) is 23.8. The molecule has 3 N–H and O–H groups in total. The Kier molecular flexibility index (Phi) is 5.46. The van der Waals surface area contributed by atoms with Gasteiger partial charge < -0.3 is 15.8 Å². The molecular weight excluding hydrogens is 328 g/mol. The molecule has 5 nitrogen and oxygen atoms in total. The lowest BCUT2D eigenvalue weighted by Crippen LogP contribution is -2.31. The molecule has 6 heteroatoms. The molecule has 0 bridgehead atoms. The second kappa shape index (κ2) is 7.36. The van der Waals surface area contributed by atoms with Crippen LogP contribution in [0.5, 0.6) is 5.75 Å². The highest BCUT2D eigenvalue weighted by Crippen LogP contribution is 2.24. The number of anilines is 1. The Morgan fingerprint density at radius 1 is 1.21 bits per heavy atom. The van der Waals surface area contributed by atoms with Crippen LogP contribution >= 0.6 is 11.6 Å². The van der Waals surface area contributed by atoms with E-state index in [0.29, 0.717) is 10.7 Å². The number of benzene rings is 2. The van der Waals surface area contributed by atoms with Crippen LogP contribution in [-0.2, 0) is 4.79 Å². The average molecular weight is 347 g/mol. The smallest absolute Gasteiger partial charge is 0.265 e. The van der Waals surface area contributed by atoms with E-state index in [-0.39, 0.29) is 17.2 Å². The maximum absolute atomic E-state index is 12.4. The van der Waals surface area contributed by atoms with Gasteiger partial charge >= 0.3 is 0 Å². The molecule has 2 rings (SSSR count). The molecule has 2 amide bonds. The monoisotopic (exact) mass is 346 g/mol. The standard InChI is InChI=1S/C18H19ClN2O3/c1-10-7-8-13(17(20)22)16(9-10)24-12(3)18(23)21-15-6-4-5-14(19)11(15)2/h4-9,12H,1-3H3,(H2,20,22)(H,21,23)/t12-/m1/s1. The molecule has 0 saturated carbocycles. The van der Waals surface area contributed by atoms with Crippen molar-refractivity contribution in [2.45, 2.75) is 26.9 Å². The van der Waals surface area contributed by atoms with Crippen molar-refractivity contribution in [3.05, 3.63) is 58.1 Å². The normalized spacial score (nSPS) is 11.7. The first kappa shape index (κ1) is 17.8. The third-order valence-electron chi connectivity index (χ3n) is 3.60. The van der Waals surface area contributed by atoms with E-state index in [4.69, 9.17) is 22.1 Å². The molecule has 0 fully saturated rings. The van der Waals surface area contributed by atoms with Crippen molar-refractivity contribution in [3.8, 4) is 5.75 Å². The first-order valence-electron chi connectivity index (χ1n) is 7.42. The van der Waals surface area contributed by atoms with Gasteiger partial charge in [0, 0.05) is 10.7 Å². The predicted octanol–water partition coefficient (Wildman–Crippen LogP) is 3.46. The zero-order chi connectivity index (χ0) is 17.9. The Bertz CT molecular complexity index is 790. The molecular formula is C18H19ClN2O3. The molecule has 0 aromatic heterocycles. The van der Waals surface area contributed by atoms with Crippen molar-refractivity contribution < 1.29 is 14.3 Å². The van der Waals surface area contributed by atoms with Crippen LogP contribution in [-0.4, -0.2) is 17.9 Å². The number of amides is 2. The molecule has 0 radical (unpaired) electrons. The van der Waals surface area contributed by atoms with Crippen LogP contribution in [0.4, 0.5) is 5.69 Å². The molecule has 2 aromatic carbocycles. The van der Waals surface area contributed by atoms with Gasteiger partial charge in [0.1, 0.15) is 5.75 Å². The van der Waals surface area contributed by atoms with Crippen LogP contribution in [0.1, 0.15) is 28.4 Å². The summed E-state index contributed by atoms with van der Waals surface area (Å²) < 4.78 is 5.65. The lowest BCUT2D eigenvalue weighted by molar-refractivity contribution is -0.122. The van der Waals surface area contributed by atoms with Crippen LogP contribution in [0.3, 0.4) is 0 Å². The van der Waals surface area contributed by atoms with E-state index in [9.17, 15) is 9.59 Å². The minimum Gasteiger partial charge on any atom is -0.480 e. The quantitative estimate of drug-likeness (QED) is 0.869. The summed E-state index contributed by atoms with van der Waals surface area (Å²) in [6, 6.07) is 10.3. The Morgan fingerprint density at radius 3 is 2.58 bits per heavy atom. The number of hydrogen-bond acceptors (Lipinski definition) is 3. The summed E-state index contributed by atoms with van der Waals surface area (Å²) >= 11 is 6.05. The van der Waals surface area contributed by atoms with E-state index in [0.717, 1.165) is 11.1 Å². The van der Waals surface area contributed by atoms with Crippen LogP contribution in [0.2, 0.25) is 5.02 Å². The largest absolute Gasteiger partial charge is 0.480 e. The van der Waals surface area contributed by atoms with Gasteiger partial charge in [-0.1, -0.05) is 23.7 Å². The number of nitrogens with two attached hydrogens (primary N) is 1. The lowest BCUT2D eigenvalue weighted by Gasteiger charge is -2.18. The molecule has 0 heterocycles. The number of carbonyl (C=O) groups excluding carboxylic acids is 2. The minimum atomic E-state index is -0.816. The molecule has 0 unspecified atom stereocenters. The summed E-state index contributed by atoms with van der Waals surface area (Å²) in [7, 11) is 0. The Morgan fingerprint density at radius 2 is 1.92 bits per heavy atom. The summed E-state index contributed by atoms with van der Waals surface area (Å²) in [6.07, 6.45) is -0.816. The molecule has 0 saturated heterocycles. The van der Waals surface area contributed by atoms with Gasteiger partial charge in [-0.3, -0.25) is 9.59 Å². The van der Waals surface area contributed by atoms with E-state index in [2.05, 4.69) is 5.32 Å². The SMILES string of the molecule is Cc1ccc(C(N)=O)c(O[C@H](C)C(=O)Nc2cccc(Cl)c2C)c1. The van der Waals surface area contributed by atoms with Crippen molar-refractivity contribution in [1.29, 1.82) is 0 Å². The summed E-state index contributed by atoms with van der Waals surface area (Å²) in [5.41, 5.74) is 7.86. The Balaban J connectivity index is 2.16. The first-order chi connectivity index (χ1) is 11.3. The van der Waals surface area contributed by atoms with E-state index in [1.54, 1.807) is 43.3 Å². The van der Waals surface area contributed by atoms with E-state index >= 15 is 0 Å². The lowest BCUT2D eigenvalue weighted by atomic mass is 10.1. The van der Waals surface area contributed by atoms with Gasteiger partial charge in [0.05, 0.1) is 5.56 Å². The van der Waals surface area contributed by atoms with E-state index < -0.39 is 12.0 Å². The summed E-state index contributed by atoms with van der Waals surface area (Å²) in [5, 5.41) is 3.34. The van der Waals surface area contributed by atoms with Gasteiger partial charge in [0.25, 0.3) is 11.8 Å². The molecule has 126 valence electrons.